The van der Waals surface area contributed by atoms with E-state index < -0.39 is 0 Å². The molecule has 1 heterocycles. The number of aliphatic hydroxyl groups is 1. The Morgan fingerprint density at radius 1 is 1.50 bits per heavy atom. The third-order valence-electron chi connectivity index (χ3n) is 1.24. The molecule has 0 aromatic heterocycles. The van der Waals surface area contributed by atoms with Crippen LogP contribution in [0.2, 0.25) is 0 Å². The van der Waals surface area contributed by atoms with Gasteiger partial charge < -0.3 is 9.84 Å². The zero-order valence-electron chi connectivity index (χ0n) is 5.72. The minimum absolute atomic E-state index is 0.565. The van der Waals surface area contributed by atoms with E-state index in [1.165, 1.54) is 6.42 Å². The lowest BCUT2D eigenvalue weighted by Crippen LogP contribution is -1.81. The summed E-state index contributed by atoms with van der Waals surface area (Å²) in [6.45, 7) is 4.25. The molecule has 1 aliphatic heterocycles. The summed E-state index contributed by atoms with van der Waals surface area (Å²) >= 11 is 0. The van der Waals surface area contributed by atoms with Gasteiger partial charge in [0.2, 0.25) is 0 Å². The highest BCUT2D eigenvalue weighted by atomic mass is 16.6. The van der Waals surface area contributed by atoms with Crippen LogP contribution in [0.15, 0.2) is 0 Å². The average molecular weight is 118 g/mol. The summed E-state index contributed by atoms with van der Waals surface area (Å²) in [4.78, 5) is 0. The maximum Gasteiger partial charge on any atom is 0.0836 e. The predicted molar refractivity (Wildman–Crippen MR) is 32.8 cm³/mol. The lowest BCUT2D eigenvalue weighted by molar-refractivity contribution is 0.375. The molecule has 2 unspecified atom stereocenters. The molecule has 1 rings (SSSR count). The van der Waals surface area contributed by atoms with Crippen LogP contribution in [0, 0.1) is 0 Å². The summed E-state index contributed by atoms with van der Waals surface area (Å²) in [6, 6.07) is 0. The highest BCUT2D eigenvalue weighted by Gasteiger charge is 2.31. The fourth-order valence-corrected chi connectivity index (χ4v) is 0.659. The molecule has 0 aromatic carbocycles. The number of ether oxygens (including phenoxy) is 1. The molecule has 0 aromatic rings. The summed E-state index contributed by atoms with van der Waals surface area (Å²) < 4.78 is 5.07. The summed E-state index contributed by atoms with van der Waals surface area (Å²) in [5.74, 6) is 0. The van der Waals surface area contributed by atoms with Gasteiger partial charge in [0.05, 0.1) is 12.2 Å². The van der Waals surface area contributed by atoms with Gasteiger partial charge in [-0.3, -0.25) is 0 Å². The van der Waals surface area contributed by atoms with E-state index >= 15 is 0 Å². The van der Waals surface area contributed by atoms with Crippen LogP contribution in [0.25, 0.3) is 0 Å². The summed E-state index contributed by atoms with van der Waals surface area (Å²) in [5, 5.41) is 7.00. The van der Waals surface area contributed by atoms with Gasteiger partial charge in [-0.15, -0.1) is 0 Å². The molecule has 0 amide bonds. The van der Waals surface area contributed by atoms with E-state index in [1.54, 1.807) is 0 Å². The lowest BCUT2D eigenvalue weighted by Gasteiger charge is -1.72. The first-order chi connectivity index (χ1) is 3.84. The maximum absolute atomic E-state index is 7.00. The van der Waals surface area contributed by atoms with E-state index in [2.05, 4.69) is 13.8 Å². The first-order valence-electron chi connectivity index (χ1n) is 2.94. The molecule has 0 radical (unpaired) electrons. The molecule has 0 saturated carbocycles. The van der Waals surface area contributed by atoms with E-state index in [-0.39, 0.29) is 0 Å². The number of hydrogen-bond acceptors (Lipinski definition) is 2. The zero-order chi connectivity index (χ0) is 6.57. The monoisotopic (exact) mass is 118 g/mol. The lowest BCUT2D eigenvalue weighted by atomic mass is 10.3. The van der Waals surface area contributed by atoms with Crippen molar-refractivity contribution in [1.29, 1.82) is 0 Å². The Morgan fingerprint density at radius 3 is 1.88 bits per heavy atom. The molecule has 1 fully saturated rings. The smallest absolute Gasteiger partial charge is 0.0836 e. The molecule has 0 spiro atoms. The maximum atomic E-state index is 7.00. The van der Waals surface area contributed by atoms with Crippen LogP contribution in [0.4, 0.5) is 0 Å². The van der Waals surface area contributed by atoms with Gasteiger partial charge in [-0.25, -0.2) is 0 Å². The van der Waals surface area contributed by atoms with Crippen molar-refractivity contribution in [1.82, 2.24) is 0 Å². The van der Waals surface area contributed by atoms with Gasteiger partial charge in [-0.2, -0.15) is 0 Å². The molecule has 50 valence electrons. The molecule has 1 saturated heterocycles. The van der Waals surface area contributed by atoms with Crippen LogP contribution in [0.1, 0.15) is 20.3 Å². The third kappa shape index (κ3) is 2.28. The highest BCUT2D eigenvalue weighted by molar-refractivity contribution is 4.77. The van der Waals surface area contributed by atoms with Gasteiger partial charge in [0.15, 0.2) is 0 Å². The average Bonchev–Trinajstić information content (AvgIpc) is 2.52. The van der Waals surface area contributed by atoms with Crippen molar-refractivity contribution in [2.45, 2.75) is 32.5 Å². The van der Waals surface area contributed by atoms with E-state index in [1.807, 2.05) is 0 Å². The Morgan fingerprint density at radius 2 is 1.88 bits per heavy atom. The number of aliphatic hydroxyl groups excluding tert-OH is 1. The standard InChI is InChI=1S/C5H10O.CH4O/c1-3-5-4(2)6-5;1-2/h4-5H,3H2,1-2H3;2H,1H3. The molecule has 2 heteroatoms. The van der Waals surface area contributed by atoms with E-state index in [0.29, 0.717) is 12.2 Å². The largest absolute Gasteiger partial charge is 0.400 e. The van der Waals surface area contributed by atoms with Crippen molar-refractivity contribution >= 4 is 0 Å². The van der Waals surface area contributed by atoms with E-state index in [4.69, 9.17) is 9.84 Å². The van der Waals surface area contributed by atoms with Gasteiger partial charge in [0, 0.05) is 7.11 Å². The Hall–Kier alpha value is -0.0800. The van der Waals surface area contributed by atoms with Crippen molar-refractivity contribution < 1.29 is 9.84 Å². The van der Waals surface area contributed by atoms with Crippen LogP contribution in [0.3, 0.4) is 0 Å². The summed E-state index contributed by atoms with van der Waals surface area (Å²) in [6.07, 6.45) is 2.35. The van der Waals surface area contributed by atoms with Crippen molar-refractivity contribution in [2.75, 3.05) is 7.11 Å². The Kier molecular flexibility index (Phi) is 3.83. The SMILES string of the molecule is CCC1OC1C.CO. The molecule has 8 heavy (non-hydrogen) atoms. The Bertz CT molecular complexity index is 52.5. The molecular formula is C6H14O2. The topological polar surface area (TPSA) is 32.8 Å². The van der Waals surface area contributed by atoms with Gasteiger partial charge in [-0.1, -0.05) is 6.92 Å². The molecule has 0 bridgehead atoms. The second-order valence-corrected chi connectivity index (χ2v) is 1.79. The van der Waals surface area contributed by atoms with Gasteiger partial charge >= 0.3 is 0 Å². The predicted octanol–water partition coefficient (Wildman–Crippen LogP) is 0.792. The highest BCUT2D eigenvalue weighted by Crippen LogP contribution is 2.22. The normalized spacial score (nSPS) is 33.0. The zero-order valence-corrected chi connectivity index (χ0v) is 5.72. The fraction of sp³-hybridized carbons (Fsp3) is 1.00. The van der Waals surface area contributed by atoms with Gasteiger partial charge in [0.25, 0.3) is 0 Å². The van der Waals surface area contributed by atoms with Gasteiger partial charge in [0.1, 0.15) is 0 Å². The third-order valence-corrected chi connectivity index (χ3v) is 1.24. The minimum Gasteiger partial charge on any atom is -0.400 e. The van der Waals surface area contributed by atoms with Crippen LogP contribution < -0.4 is 0 Å². The van der Waals surface area contributed by atoms with Crippen LogP contribution in [-0.4, -0.2) is 24.4 Å². The summed E-state index contributed by atoms with van der Waals surface area (Å²) in [5.41, 5.74) is 0. The number of rotatable bonds is 1. The molecule has 1 N–H and O–H groups in total. The van der Waals surface area contributed by atoms with Crippen molar-refractivity contribution in [3.63, 3.8) is 0 Å². The molecule has 1 aliphatic rings. The van der Waals surface area contributed by atoms with E-state index in [9.17, 15) is 0 Å². The first kappa shape index (κ1) is 7.92. The summed E-state index contributed by atoms with van der Waals surface area (Å²) in [7, 11) is 1.00. The number of hydrogen-bond donors (Lipinski definition) is 1. The van der Waals surface area contributed by atoms with Gasteiger partial charge in [-0.05, 0) is 13.3 Å². The second-order valence-electron chi connectivity index (χ2n) is 1.79. The van der Waals surface area contributed by atoms with E-state index in [0.717, 1.165) is 7.11 Å². The van der Waals surface area contributed by atoms with Crippen LogP contribution in [-0.2, 0) is 4.74 Å². The molecule has 2 atom stereocenters. The fourth-order valence-electron chi connectivity index (χ4n) is 0.659. The van der Waals surface area contributed by atoms with Crippen LogP contribution in [0.5, 0.6) is 0 Å². The molecule has 0 aliphatic carbocycles. The van der Waals surface area contributed by atoms with Crippen molar-refractivity contribution in [2.24, 2.45) is 0 Å². The quantitative estimate of drug-likeness (QED) is 0.516. The minimum atomic E-state index is 0.565. The molecule has 2 nitrogen and oxygen atoms in total. The Balaban J connectivity index is 0.000000222. The van der Waals surface area contributed by atoms with Crippen LogP contribution >= 0.6 is 0 Å². The first-order valence-corrected chi connectivity index (χ1v) is 2.94. The Labute approximate surface area is 50.5 Å². The molecular weight excluding hydrogens is 104 g/mol. The van der Waals surface area contributed by atoms with Crippen molar-refractivity contribution in [3.05, 3.63) is 0 Å². The number of epoxide rings is 1. The second kappa shape index (κ2) is 3.87. The van der Waals surface area contributed by atoms with Crippen molar-refractivity contribution in [3.8, 4) is 0 Å².